The van der Waals surface area contributed by atoms with E-state index in [2.05, 4.69) is 67.7 Å². The molecule has 0 unspecified atom stereocenters. The molecule has 0 atom stereocenters. The Morgan fingerprint density at radius 1 is 1.00 bits per heavy atom. The fourth-order valence-corrected chi connectivity index (χ4v) is 4.61. The van der Waals surface area contributed by atoms with E-state index in [0.29, 0.717) is 5.69 Å². The second kappa shape index (κ2) is 9.65. The lowest BCUT2D eigenvalue weighted by Crippen LogP contribution is -2.47. The predicted octanol–water partition coefficient (Wildman–Crippen LogP) is 3.89. The first-order valence-electron chi connectivity index (χ1n) is 11.8. The topological polar surface area (TPSA) is 66.3 Å². The van der Waals surface area contributed by atoms with E-state index >= 15 is 0 Å². The molecule has 5 rings (SSSR count). The molecule has 4 aromatic rings. The zero-order valence-electron chi connectivity index (χ0n) is 19.7. The Hall–Kier alpha value is -3.71. The number of hydrogen-bond acceptors (Lipinski definition) is 5. The Kier molecular flexibility index (Phi) is 6.27. The number of amides is 1. The maximum Gasteiger partial charge on any atom is 0.273 e. The largest absolute Gasteiger partial charge is 0.368 e. The van der Waals surface area contributed by atoms with Crippen LogP contribution in [0.15, 0.2) is 66.9 Å². The van der Waals surface area contributed by atoms with E-state index in [1.165, 1.54) is 16.6 Å². The number of carbonyl (C=O) groups excluding carboxylic acids is 1. The molecule has 3 heterocycles. The van der Waals surface area contributed by atoms with Gasteiger partial charge in [-0.3, -0.25) is 19.4 Å². The number of carbonyl (C=O) groups is 1. The van der Waals surface area contributed by atoms with E-state index in [9.17, 15) is 4.79 Å². The smallest absolute Gasteiger partial charge is 0.273 e. The molecule has 1 aliphatic rings. The molecule has 0 aliphatic carbocycles. The van der Waals surface area contributed by atoms with Crippen LogP contribution in [0.2, 0.25) is 0 Å². The van der Waals surface area contributed by atoms with Crippen LogP contribution in [-0.2, 0) is 13.5 Å². The van der Waals surface area contributed by atoms with Crippen LogP contribution in [0.4, 0.5) is 11.4 Å². The van der Waals surface area contributed by atoms with Crippen molar-refractivity contribution in [3.8, 4) is 0 Å². The Labute approximate surface area is 200 Å². The second-order valence-corrected chi connectivity index (χ2v) is 8.87. The molecule has 1 aliphatic heterocycles. The van der Waals surface area contributed by atoms with Crippen molar-refractivity contribution in [2.75, 3.05) is 42.9 Å². The van der Waals surface area contributed by atoms with Crippen LogP contribution in [0.25, 0.3) is 10.9 Å². The molecule has 2 aromatic carbocycles. The summed E-state index contributed by atoms with van der Waals surface area (Å²) in [5.74, 6) is -0.146. The Morgan fingerprint density at radius 3 is 2.62 bits per heavy atom. The molecule has 1 fully saturated rings. The first-order chi connectivity index (χ1) is 16.6. The number of pyridine rings is 1. The number of aryl methyl sites for hydroxylation is 2. The number of piperazine rings is 1. The molecule has 0 radical (unpaired) electrons. The summed E-state index contributed by atoms with van der Waals surface area (Å²) in [5.41, 5.74) is 5.97. The number of hydrogen-bond donors (Lipinski definition) is 1. The number of nitrogens with one attached hydrogen (secondary N) is 1. The number of benzene rings is 2. The summed E-state index contributed by atoms with van der Waals surface area (Å²) >= 11 is 0. The van der Waals surface area contributed by atoms with Crippen molar-refractivity contribution in [2.24, 2.45) is 7.05 Å². The van der Waals surface area contributed by atoms with Crippen LogP contribution in [0, 0.1) is 6.92 Å². The Bertz CT molecular complexity index is 1310. The lowest BCUT2D eigenvalue weighted by Gasteiger charge is -2.36. The normalized spacial score (nSPS) is 14.5. The lowest BCUT2D eigenvalue weighted by molar-refractivity contribution is 0.101. The molecule has 0 spiro atoms. The maximum absolute atomic E-state index is 12.5. The SMILES string of the molecule is Cc1ccc2c(N3CCN(CCc4cccc(NC(=O)c5ccnn5C)c4)CC3)cccc2n1. The monoisotopic (exact) mass is 454 g/mol. The highest BCUT2D eigenvalue weighted by Crippen LogP contribution is 2.27. The Balaban J connectivity index is 1.16. The molecule has 7 nitrogen and oxygen atoms in total. The fourth-order valence-electron chi connectivity index (χ4n) is 4.61. The van der Waals surface area contributed by atoms with Gasteiger partial charge in [-0.15, -0.1) is 0 Å². The minimum absolute atomic E-state index is 0.146. The minimum atomic E-state index is -0.146. The van der Waals surface area contributed by atoms with Gasteiger partial charge in [-0.05, 0) is 61.4 Å². The third-order valence-corrected chi connectivity index (χ3v) is 6.52. The summed E-state index contributed by atoms with van der Waals surface area (Å²) in [4.78, 5) is 22.2. The number of fused-ring (bicyclic) bond motifs is 1. The van der Waals surface area contributed by atoms with Gasteiger partial charge >= 0.3 is 0 Å². The van der Waals surface area contributed by atoms with Gasteiger partial charge in [0.05, 0.1) is 5.52 Å². The van der Waals surface area contributed by atoms with E-state index in [1.807, 2.05) is 19.1 Å². The van der Waals surface area contributed by atoms with Gasteiger partial charge in [-0.1, -0.05) is 18.2 Å². The molecule has 2 aromatic heterocycles. The zero-order chi connectivity index (χ0) is 23.5. The Morgan fingerprint density at radius 2 is 1.82 bits per heavy atom. The summed E-state index contributed by atoms with van der Waals surface area (Å²) in [5, 5.41) is 8.27. The number of aromatic nitrogens is 3. The van der Waals surface area contributed by atoms with Gasteiger partial charge in [0.25, 0.3) is 5.91 Å². The van der Waals surface area contributed by atoms with Gasteiger partial charge in [0.2, 0.25) is 0 Å². The first-order valence-corrected chi connectivity index (χ1v) is 11.8. The summed E-state index contributed by atoms with van der Waals surface area (Å²) < 4.78 is 1.58. The molecule has 34 heavy (non-hydrogen) atoms. The van der Waals surface area contributed by atoms with Gasteiger partial charge in [-0.25, -0.2) is 0 Å². The van der Waals surface area contributed by atoms with Gasteiger partial charge in [0.15, 0.2) is 0 Å². The van der Waals surface area contributed by atoms with E-state index < -0.39 is 0 Å². The molecule has 0 bridgehead atoms. The van der Waals surface area contributed by atoms with Crippen LogP contribution < -0.4 is 10.2 Å². The van der Waals surface area contributed by atoms with Crippen molar-refractivity contribution < 1.29 is 4.79 Å². The molecule has 174 valence electrons. The average Bonchev–Trinajstić information content (AvgIpc) is 3.29. The molecule has 1 saturated heterocycles. The van der Waals surface area contributed by atoms with Crippen molar-refractivity contribution in [2.45, 2.75) is 13.3 Å². The van der Waals surface area contributed by atoms with Crippen LogP contribution in [0.5, 0.6) is 0 Å². The highest BCUT2D eigenvalue weighted by atomic mass is 16.2. The minimum Gasteiger partial charge on any atom is -0.368 e. The summed E-state index contributed by atoms with van der Waals surface area (Å²) in [6.45, 7) is 7.12. The van der Waals surface area contributed by atoms with Gasteiger partial charge in [0, 0.05) is 68.4 Å². The first kappa shape index (κ1) is 22.1. The van der Waals surface area contributed by atoms with Crippen LogP contribution in [0.3, 0.4) is 0 Å². The van der Waals surface area contributed by atoms with E-state index in [1.54, 1.807) is 24.0 Å². The van der Waals surface area contributed by atoms with Crippen LogP contribution >= 0.6 is 0 Å². The summed E-state index contributed by atoms with van der Waals surface area (Å²) in [7, 11) is 1.77. The van der Waals surface area contributed by atoms with Crippen molar-refractivity contribution in [3.05, 3.63) is 83.8 Å². The molecule has 7 heteroatoms. The molecular formula is C27H30N6O. The van der Waals surface area contributed by atoms with Gasteiger partial charge in [0.1, 0.15) is 5.69 Å². The fraction of sp³-hybridized carbons (Fsp3) is 0.296. The molecule has 1 N–H and O–H groups in total. The number of nitrogens with zero attached hydrogens (tertiary/aromatic N) is 5. The van der Waals surface area contributed by atoms with E-state index in [4.69, 9.17) is 0 Å². The zero-order valence-corrected chi connectivity index (χ0v) is 19.7. The van der Waals surface area contributed by atoms with Crippen molar-refractivity contribution in [1.82, 2.24) is 19.7 Å². The van der Waals surface area contributed by atoms with Crippen LogP contribution in [0.1, 0.15) is 21.7 Å². The summed E-state index contributed by atoms with van der Waals surface area (Å²) in [6, 6.07) is 20.5. The third kappa shape index (κ3) is 4.79. The second-order valence-electron chi connectivity index (χ2n) is 8.87. The maximum atomic E-state index is 12.5. The predicted molar refractivity (Wildman–Crippen MR) is 136 cm³/mol. The van der Waals surface area contributed by atoms with E-state index in [-0.39, 0.29) is 5.91 Å². The van der Waals surface area contributed by atoms with Crippen molar-refractivity contribution in [3.63, 3.8) is 0 Å². The summed E-state index contributed by atoms with van der Waals surface area (Å²) in [6.07, 6.45) is 2.58. The van der Waals surface area contributed by atoms with Crippen molar-refractivity contribution >= 4 is 28.2 Å². The highest BCUT2D eigenvalue weighted by Gasteiger charge is 2.19. The molecule has 0 saturated carbocycles. The van der Waals surface area contributed by atoms with E-state index in [0.717, 1.165) is 56.0 Å². The highest BCUT2D eigenvalue weighted by molar-refractivity contribution is 6.03. The third-order valence-electron chi connectivity index (χ3n) is 6.52. The van der Waals surface area contributed by atoms with Gasteiger partial charge < -0.3 is 10.2 Å². The lowest BCUT2D eigenvalue weighted by atomic mass is 10.1. The number of anilines is 2. The van der Waals surface area contributed by atoms with Crippen LogP contribution in [-0.4, -0.2) is 58.3 Å². The quantitative estimate of drug-likeness (QED) is 0.479. The standard InChI is InChI=1S/C27H30N6O/c1-20-9-10-23-24(29-20)7-4-8-25(23)33-17-15-32(16-18-33)14-12-21-5-3-6-22(19-21)30-27(34)26-11-13-28-31(26)2/h3-11,13,19H,12,14-18H2,1-2H3,(H,30,34). The number of rotatable bonds is 6. The molecular weight excluding hydrogens is 424 g/mol. The van der Waals surface area contributed by atoms with Crippen molar-refractivity contribution in [1.29, 1.82) is 0 Å². The average molecular weight is 455 g/mol. The molecule has 1 amide bonds. The van der Waals surface area contributed by atoms with Gasteiger partial charge in [-0.2, -0.15) is 5.10 Å².